The topological polar surface area (TPSA) is 95.6 Å². The number of alkyl halides is 3. The predicted molar refractivity (Wildman–Crippen MR) is 138 cm³/mol. The molecule has 0 aliphatic heterocycles. The zero-order chi connectivity index (χ0) is 28.1. The second kappa shape index (κ2) is 12.3. The molecule has 0 unspecified atom stereocenters. The van der Waals surface area contributed by atoms with Crippen molar-refractivity contribution in [2.75, 3.05) is 19.3 Å². The number of carbonyl (C=O) groups is 2. The van der Waals surface area contributed by atoms with Crippen LogP contribution in [0.25, 0.3) is 0 Å². The standard InChI is InChI=1S/C27H34F3N3O4S/c1-18(2)33(3)24-13-12-22(15-20(24)17-38(36,37)23-10-5-4-6-11-23)32-25(34)16-31-26(35)19-8-7-9-21(14-19)27(28,29)30/h4-11,14,18,20,22,24H,12-13,15-17H2,1-3H3,(H,31,35)(H,32,34)/t20-,22-,24+/m0/s1. The van der Waals surface area contributed by atoms with Gasteiger partial charge < -0.3 is 15.5 Å². The maximum atomic E-state index is 13.1. The molecule has 1 aliphatic rings. The van der Waals surface area contributed by atoms with Gasteiger partial charge in [-0.05, 0) is 76.4 Å². The highest BCUT2D eigenvalue weighted by Gasteiger charge is 2.37. The third kappa shape index (κ3) is 7.80. The maximum absolute atomic E-state index is 13.1. The zero-order valence-corrected chi connectivity index (χ0v) is 22.5. The van der Waals surface area contributed by atoms with Crippen molar-refractivity contribution < 1.29 is 31.2 Å². The van der Waals surface area contributed by atoms with Crippen LogP contribution in [-0.4, -0.2) is 62.6 Å². The first-order valence-corrected chi connectivity index (χ1v) is 14.2. The summed E-state index contributed by atoms with van der Waals surface area (Å²) in [5, 5.41) is 5.22. The Morgan fingerprint density at radius 1 is 1.05 bits per heavy atom. The van der Waals surface area contributed by atoms with Crippen LogP contribution in [0.3, 0.4) is 0 Å². The number of nitrogens with zero attached hydrogens (tertiary/aromatic N) is 1. The SMILES string of the molecule is CC(C)N(C)[C@@H]1CC[C@H](NC(=O)CNC(=O)c2cccc(C(F)(F)F)c2)C[C@H]1CS(=O)(=O)c1ccccc1. The Hall–Kier alpha value is -2.92. The average molecular weight is 554 g/mol. The number of nitrogens with one attached hydrogen (secondary N) is 2. The monoisotopic (exact) mass is 553 g/mol. The first kappa shape index (κ1) is 29.6. The minimum absolute atomic E-state index is 0.0160. The van der Waals surface area contributed by atoms with Gasteiger partial charge in [0, 0.05) is 23.7 Å². The summed E-state index contributed by atoms with van der Waals surface area (Å²) in [4.78, 5) is 27.3. The van der Waals surface area contributed by atoms with Crippen LogP contribution < -0.4 is 10.6 Å². The molecule has 0 spiro atoms. The Morgan fingerprint density at radius 2 is 1.74 bits per heavy atom. The second-order valence-electron chi connectivity index (χ2n) is 10.0. The number of amides is 2. The van der Waals surface area contributed by atoms with E-state index in [0.29, 0.717) is 19.3 Å². The van der Waals surface area contributed by atoms with Crippen molar-refractivity contribution in [2.45, 2.75) is 62.3 Å². The summed E-state index contributed by atoms with van der Waals surface area (Å²) < 4.78 is 65.0. The van der Waals surface area contributed by atoms with Crippen LogP contribution in [0.2, 0.25) is 0 Å². The molecule has 0 radical (unpaired) electrons. The molecule has 0 heterocycles. The molecule has 1 aliphatic carbocycles. The van der Waals surface area contributed by atoms with Gasteiger partial charge in [0.05, 0.1) is 22.8 Å². The van der Waals surface area contributed by atoms with E-state index in [0.717, 1.165) is 18.2 Å². The molecule has 7 nitrogen and oxygen atoms in total. The molecule has 1 fully saturated rings. The zero-order valence-electron chi connectivity index (χ0n) is 21.7. The van der Waals surface area contributed by atoms with E-state index in [2.05, 4.69) is 15.5 Å². The van der Waals surface area contributed by atoms with Crippen LogP contribution in [0.5, 0.6) is 0 Å². The van der Waals surface area contributed by atoms with E-state index in [4.69, 9.17) is 0 Å². The van der Waals surface area contributed by atoms with Crippen molar-refractivity contribution in [1.29, 1.82) is 0 Å². The fourth-order valence-electron chi connectivity index (χ4n) is 4.86. The first-order valence-electron chi connectivity index (χ1n) is 12.5. The molecule has 3 rings (SSSR count). The van der Waals surface area contributed by atoms with Gasteiger partial charge in [-0.25, -0.2) is 8.42 Å². The summed E-state index contributed by atoms with van der Waals surface area (Å²) in [6, 6.07) is 12.2. The normalized spacial score (nSPS) is 20.4. The third-order valence-corrected chi connectivity index (χ3v) is 8.90. The molecule has 2 N–H and O–H groups in total. The molecule has 0 aromatic heterocycles. The van der Waals surface area contributed by atoms with Gasteiger partial charge in [0.15, 0.2) is 9.84 Å². The summed E-state index contributed by atoms with van der Waals surface area (Å²) >= 11 is 0. The quantitative estimate of drug-likeness (QED) is 0.491. The van der Waals surface area contributed by atoms with Gasteiger partial charge in [-0.2, -0.15) is 13.2 Å². The fourth-order valence-corrected chi connectivity index (χ4v) is 6.55. The molecule has 38 heavy (non-hydrogen) atoms. The van der Waals surface area contributed by atoms with Crippen molar-refractivity contribution in [3.8, 4) is 0 Å². The number of carbonyl (C=O) groups excluding carboxylic acids is 2. The minimum Gasteiger partial charge on any atom is -0.352 e. The molecule has 2 amide bonds. The Kier molecular flexibility index (Phi) is 9.59. The Balaban J connectivity index is 1.63. The van der Waals surface area contributed by atoms with E-state index in [1.165, 1.54) is 6.07 Å². The molecule has 3 atom stereocenters. The van der Waals surface area contributed by atoms with Gasteiger partial charge in [0.2, 0.25) is 5.91 Å². The van der Waals surface area contributed by atoms with E-state index in [-0.39, 0.29) is 40.3 Å². The lowest BCUT2D eigenvalue weighted by atomic mass is 9.81. The summed E-state index contributed by atoms with van der Waals surface area (Å²) in [5.74, 6) is -1.57. The van der Waals surface area contributed by atoms with Gasteiger partial charge in [0.25, 0.3) is 5.91 Å². The number of hydrogen-bond acceptors (Lipinski definition) is 5. The van der Waals surface area contributed by atoms with E-state index in [1.54, 1.807) is 30.3 Å². The number of hydrogen-bond donors (Lipinski definition) is 2. The Bertz CT molecular complexity index is 1220. The van der Waals surface area contributed by atoms with Gasteiger partial charge in [-0.3, -0.25) is 9.59 Å². The van der Waals surface area contributed by atoms with Gasteiger partial charge in [-0.15, -0.1) is 0 Å². The lowest BCUT2D eigenvalue weighted by Gasteiger charge is -2.42. The second-order valence-corrected chi connectivity index (χ2v) is 12.1. The molecule has 2 aromatic carbocycles. The number of halogens is 3. The van der Waals surface area contributed by atoms with Crippen LogP contribution in [0.4, 0.5) is 13.2 Å². The van der Waals surface area contributed by atoms with Crippen LogP contribution in [0.15, 0.2) is 59.5 Å². The van der Waals surface area contributed by atoms with Crippen LogP contribution in [0.1, 0.15) is 49.0 Å². The van der Waals surface area contributed by atoms with Gasteiger partial charge in [0.1, 0.15) is 0 Å². The maximum Gasteiger partial charge on any atom is 0.416 e. The largest absolute Gasteiger partial charge is 0.416 e. The molecular weight excluding hydrogens is 519 g/mol. The summed E-state index contributed by atoms with van der Waals surface area (Å²) in [7, 11) is -1.57. The summed E-state index contributed by atoms with van der Waals surface area (Å²) in [5.41, 5.74) is -1.15. The highest BCUT2D eigenvalue weighted by Crippen LogP contribution is 2.32. The van der Waals surface area contributed by atoms with Crippen molar-refractivity contribution in [2.24, 2.45) is 5.92 Å². The highest BCUT2D eigenvalue weighted by molar-refractivity contribution is 7.91. The lowest BCUT2D eigenvalue weighted by Crippen LogP contribution is -2.52. The Morgan fingerprint density at radius 3 is 2.37 bits per heavy atom. The van der Waals surface area contributed by atoms with Crippen molar-refractivity contribution in [3.63, 3.8) is 0 Å². The van der Waals surface area contributed by atoms with Crippen molar-refractivity contribution in [3.05, 3.63) is 65.7 Å². The molecule has 11 heteroatoms. The van der Waals surface area contributed by atoms with Crippen LogP contribution in [-0.2, 0) is 20.8 Å². The fraction of sp³-hybridized carbons (Fsp3) is 0.481. The van der Waals surface area contributed by atoms with Crippen molar-refractivity contribution in [1.82, 2.24) is 15.5 Å². The number of benzene rings is 2. The van der Waals surface area contributed by atoms with E-state index in [9.17, 15) is 31.2 Å². The molecular formula is C27H34F3N3O4S. The smallest absolute Gasteiger partial charge is 0.352 e. The van der Waals surface area contributed by atoms with Crippen molar-refractivity contribution >= 4 is 21.7 Å². The Labute approximate surface area is 221 Å². The molecule has 208 valence electrons. The van der Waals surface area contributed by atoms with Crippen LogP contribution >= 0.6 is 0 Å². The minimum atomic E-state index is -4.58. The number of sulfone groups is 1. The summed E-state index contributed by atoms with van der Waals surface area (Å²) in [6.45, 7) is 3.68. The molecule has 1 saturated carbocycles. The van der Waals surface area contributed by atoms with E-state index >= 15 is 0 Å². The van der Waals surface area contributed by atoms with E-state index < -0.39 is 39.9 Å². The molecule has 2 aromatic rings. The lowest BCUT2D eigenvalue weighted by molar-refractivity contribution is -0.137. The molecule has 0 bridgehead atoms. The van der Waals surface area contributed by atoms with Crippen LogP contribution in [0, 0.1) is 5.92 Å². The highest BCUT2D eigenvalue weighted by atomic mass is 32.2. The summed E-state index contributed by atoms with van der Waals surface area (Å²) in [6.07, 6.45) is -2.82. The number of rotatable bonds is 9. The average Bonchev–Trinajstić information content (AvgIpc) is 2.87. The van der Waals surface area contributed by atoms with Gasteiger partial charge in [-0.1, -0.05) is 24.3 Å². The van der Waals surface area contributed by atoms with E-state index in [1.807, 2.05) is 20.9 Å². The first-order chi connectivity index (χ1) is 17.8. The van der Waals surface area contributed by atoms with Gasteiger partial charge >= 0.3 is 6.18 Å². The third-order valence-electron chi connectivity index (χ3n) is 7.04. The predicted octanol–water partition coefficient (Wildman–Crippen LogP) is 3.90. The molecule has 0 saturated heterocycles.